The van der Waals surface area contributed by atoms with Crippen molar-refractivity contribution in [3.05, 3.63) is 90.2 Å². The fraction of sp³-hybridized carbons (Fsp3) is 0.443. The van der Waals surface area contributed by atoms with Crippen LogP contribution in [0.15, 0.2) is 90.2 Å². The molecule has 4 aromatic heterocycles. The summed E-state index contributed by atoms with van der Waals surface area (Å²) in [6, 6.07) is 19.8. The van der Waals surface area contributed by atoms with Gasteiger partial charge in [0.25, 0.3) is 0 Å². The molecular formula is C61H76BrN13O8. The fourth-order valence-corrected chi connectivity index (χ4v) is 11.7. The number of ether oxygens (including phenoxy) is 6. The molecule has 3 saturated heterocycles. The largest absolute Gasteiger partial charge is 0.493 e. The maximum atomic E-state index is 9.99. The van der Waals surface area contributed by atoms with E-state index >= 15 is 0 Å². The molecule has 0 radical (unpaired) electrons. The maximum absolute atomic E-state index is 9.99. The molecular weight excluding hydrogens is 1120 g/mol. The lowest BCUT2D eigenvalue weighted by molar-refractivity contribution is 0.265. The monoisotopic (exact) mass is 1200 g/mol. The molecule has 2 atom stereocenters. The van der Waals surface area contributed by atoms with Gasteiger partial charge in [-0.05, 0) is 81.3 Å². The van der Waals surface area contributed by atoms with Crippen molar-refractivity contribution in [2.75, 3.05) is 107 Å². The number of aliphatic hydroxyl groups excluding tert-OH is 2. The van der Waals surface area contributed by atoms with E-state index in [1.807, 2.05) is 64.0 Å². The standard InChI is InChI=1S/C30H37N7O4.C25H27BrN6O4.C6H12/c1-39-25-15-22(16-26(40-2)28(25)41-3)36-17-27(31-19-36)33-29-23-10-9-20(35-11-5-4-6-12-35)14-24(23)32-30(34-29)37-13-7-8-21(37)18-38;1-34-20-10-17(11-21(35-2)23(20)36-3)31-12-22(27-14-31)29-24-18-7-6-15(26)9-19(18)28-25(30-24)32-8-4-5-16(32)13-33;1-2-4-6-5-3-1/h9-10,14-17,19,21,38H,4-8,11-13,18H2,1-3H3,(H,32,33,34);6-7,9-12,14,16,33H,4-5,8,13H2,1-3H3,(H,28,29,30);1-6H2/t21-;16-;/m00./s1. The summed E-state index contributed by atoms with van der Waals surface area (Å²) < 4.78 is 37.6. The number of rotatable bonds is 17. The van der Waals surface area contributed by atoms with E-state index in [1.54, 1.807) is 55.3 Å². The van der Waals surface area contributed by atoms with Crippen molar-refractivity contribution >= 4 is 78.6 Å². The quantitative estimate of drug-likeness (QED) is 0.0666. The van der Waals surface area contributed by atoms with E-state index in [0.29, 0.717) is 69.7 Å². The third-order valence-electron chi connectivity index (χ3n) is 15.8. The van der Waals surface area contributed by atoms with Crippen LogP contribution >= 0.6 is 15.9 Å². The van der Waals surface area contributed by atoms with Gasteiger partial charge in [-0.25, -0.2) is 19.9 Å². The molecule has 22 heteroatoms. The number of methoxy groups -OCH3 is 6. The average Bonchev–Trinajstić information content (AvgIpc) is 4.43. The number of nitrogens with zero attached hydrogens (tertiary/aromatic N) is 11. The van der Waals surface area contributed by atoms with Crippen molar-refractivity contribution in [2.24, 2.45) is 0 Å². The van der Waals surface area contributed by atoms with Crippen molar-refractivity contribution in [3.8, 4) is 45.9 Å². The van der Waals surface area contributed by atoms with E-state index in [9.17, 15) is 10.2 Å². The van der Waals surface area contributed by atoms with Gasteiger partial charge in [-0.2, -0.15) is 9.97 Å². The van der Waals surface area contributed by atoms with Crippen molar-refractivity contribution in [2.45, 2.75) is 95.6 Å². The van der Waals surface area contributed by atoms with Gasteiger partial charge < -0.3 is 73.1 Å². The minimum absolute atomic E-state index is 0.0155. The Hall–Kier alpha value is -7.82. The zero-order valence-corrected chi connectivity index (χ0v) is 49.9. The van der Waals surface area contributed by atoms with Gasteiger partial charge in [-0.15, -0.1) is 0 Å². The van der Waals surface area contributed by atoms with Crippen LogP contribution in [0.2, 0.25) is 0 Å². The molecule has 4 aliphatic rings. The molecule has 12 rings (SSSR count). The minimum atomic E-state index is 0.0155. The van der Waals surface area contributed by atoms with Gasteiger partial charge in [0.1, 0.15) is 35.9 Å². The molecule has 0 unspecified atom stereocenters. The zero-order valence-electron chi connectivity index (χ0n) is 48.3. The molecule has 0 bridgehead atoms. The number of hydrogen-bond donors (Lipinski definition) is 4. The highest BCUT2D eigenvalue weighted by Crippen LogP contribution is 2.42. The highest BCUT2D eigenvalue weighted by atomic mass is 79.9. The molecule has 4 aromatic carbocycles. The van der Waals surface area contributed by atoms with Crippen LogP contribution in [0.1, 0.15) is 83.5 Å². The Morgan fingerprint density at radius 1 is 0.482 bits per heavy atom. The Morgan fingerprint density at radius 3 is 1.33 bits per heavy atom. The summed E-state index contributed by atoms with van der Waals surface area (Å²) >= 11 is 3.54. The number of piperidine rings is 1. The Bertz CT molecular complexity index is 3400. The van der Waals surface area contributed by atoms with E-state index in [0.717, 1.165) is 89.5 Å². The molecule has 8 aromatic rings. The van der Waals surface area contributed by atoms with E-state index in [1.165, 1.54) is 63.5 Å². The molecule has 4 fully saturated rings. The van der Waals surface area contributed by atoms with Gasteiger partial charge in [-0.3, -0.25) is 0 Å². The Morgan fingerprint density at radius 2 is 0.904 bits per heavy atom. The van der Waals surface area contributed by atoms with Gasteiger partial charge in [0.05, 0.1) is 103 Å². The number of imidazole rings is 2. The molecule has 7 heterocycles. The van der Waals surface area contributed by atoms with E-state index in [2.05, 4.69) is 69.4 Å². The van der Waals surface area contributed by atoms with E-state index in [4.69, 9.17) is 48.4 Å². The summed E-state index contributed by atoms with van der Waals surface area (Å²) in [4.78, 5) is 35.3. The SMILES string of the molecule is C1CCCCC1.COc1cc(-n2cnc(Nc3nc(N4CCC[C@H]4CO)nc4cc(Br)ccc34)c2)cc(OC)c1OC.COc1cc(-n2cnc(Nc3nc(N4CCC[C@H]4CO)nc4cc(N5CCCCC5)ccc34)c2)cc(OC)c1OC. The lowest BCUT2D eigenvalue weighted by Crippen LogP contribution is -2.33. The number of benzene rings is 4. The Balaban J connectivity index is 0.000000169. The van der Waals surface area contributed by atoms with Crippen LogP contribution < -0.4 is 53.8 Å². The van der Waals surface area contributed by atoms with Crippen LogP contribution in [0.5, 0.6) is 34.5 Å². The summed E-state index contributed by atoms with van der Waals surface area (Å²) in [5.74, 6) is 7.04. The van der Waals surface area contributed by atoms with Crippen LogP contribution in [0, 0.1) is 0 Å². The van der Waals surface area contributed by atoms with Gasteiger partial charge in [-0.1, -0.05) is 54.5 Å². The molecule has 440 valence electrons. The number of aliphatic hydroxyl groups is 2. The zero-order chi connectivity index (χ0) is 57.8. The predicted octanol–water partition coefficient (Wildman–Crippen LogP) is 11.2. The molecule has 0 spiro atoms. The number of aromatic nitrogens is 8. The molecule has 3 aliphatic heterocycles. The minimum Gasteiger partial charge on any atom is -0.493 e. The predicted molar refractivity (Wildman–Crippen MR) is 328 cm³/mol. The lowest BCUT2D eigenvalue weighted by atomic mass is 10.0. The first-order chi connectivity index (χ1) is 40.6. The number of anilines is 7. The highest BCUT2D eigenvalue weighted by molar-refractivity contribution is 9.10. The molecule has 0 amide bonds. The topological polar surface area (TPSA) is 217 Å². The average molecular weight is 1200 g/mol. The normalized spacial score (nSPS) is 16.9. The number of hydrogen-bond acceptors (Lipinski definition) is 19. The summed E-state index contributed by atoms with van der Waals surface area (Å²) in [5.41, 5.74) is 4.45. The second kappa shape index (κ2) is 27.5. The van der Waals surface area contributed by atoms with Crippen LogP contribution in [-0.2, 0) is 0 Å². The van der Waals surface area contributed by atoms with Crippen LogP contribution in [0.3, 0.4) is 0 Å². The second-order valence-electron chi connectivity index (χ2n) is 21.0. The Labute approximate surface area is 493 Å². The van der Waals surface area contributed by atoms with E-state index in [-0.39, 0.29) is 25.3 Å². The Kier molecular flexibility index (Phi) is 19.3. The second-order valence-corrected chi connectivity index (χ2v) is 21.9. The number of fused-ring (bicyclic) bond motifs is 2. The van der Waals surface area contributed by atoms with Crippen LogP contribution in [0.4, 0.5) is 40.9 Å². The summed E-state index contributed by atoms with van der Waals surface area (Å²) in [5, 5.41) is 28.4. The van der Waals surface area contributed by atoms with Crippen LogP contribution in [0.25, 0.3) is 33.2 Å². The summed E-state index contributed by atoms with van der Waals surface area (Å²) in [7, 11) is 9.51. The van der Waals surface area contributed by atoms with Crippen LogP contribution in [-0.4, -0.2) is 143 Å². The third-order valence-corrected chi connectivity index (χ3v) is 16.3. The first kappa shape index (κ1) is 58.4. The third kappa shape index (κ3) is 13.3. The van der Waals surface area contributed by atoms with Crippen molar-refractivity contribution in [1.82, 2.24) is 39.0 Å². The smallest absolute Gasteiger partial charge is 0.228 e. The van der Waals surface area contributed by atoms with Gasteiger partial charge in [0.2, 0.25) is 23.4 Å². The van der Waals surface area contributed by atoms with Crippen molar-refractivity contribution in [3.63, 3.8) is 0 Å². The number of halogens is 1. The number of nitrogens with one attached hydrogen (secondary N) is 2. The maximum Gasteiger partial charge on any atom is 0.228 e. The fourth-order valence-electron chi connectivity index (χ4n) is 11.4. The highest BCUT2D eigenvalue weighted by Gasteiger charge is 2.29. The molecule has 4 N–H and O–H groups in total. The molecule has 1 aliphatic carbocycles. The lowest BCUT2D eigenvalue weighted by Gasteiger charge is -2.29. The summed E-state index contributed by atoms with van der Waals surface area (Å²) in [6.45, 7) is 3.90. The van der Waals surface area contributed by atoms with Gasteiger partial charge in [0, 0.05) is 71.4 Å². The first-order valence-corrected chi connectivity index (χ1v) is 29.5. The summed E-state index contributed by atoms with van der Waals surface area (Å²) in [6.07, 6.45) is 23.7. The van der Waals surface area contributed by atoms with Crippen molar-refractivity contribution < 1.29 is 38.6 Å². The molecule has 1 saturated carbocycles. The first-order valence-electron chi connectivity index (χ1n) is 28.7. The van der Waals surface area contributed by atoms with Crippen molar-refractivity contribution in [1.29, 1.82) is 0 Å². The molecule has 83 heavy (non-hydrogen) atoms. The molecule has 21 nitrogen and oxygen atoms in total. The van der Waals surface area contributed by atoms with Gasteiger partial charge >= 0.3 is 0 Å². The van der Waals surface area contributed by atoms with E-state index < -0.39 is 0 Å². The van der Waals surface area contributed by atoms with Gasteiger partial charge in [0.15, 0.2) is 23.0 Å².